The molecule has 1 aromatic heterocycles. The first-order valence-electron chi connectivity index (χ1n) is 8.58. The minimum absolute atomic E-state index is 0.590. The molecular formula is C17H28N4S. The van der Waals surface area contributed by atoms with Crippen LogP contribution in [0.5, 0.6) is 0 Å². The van der Waals surface area contributed by atoms with Crippen molar-refractivity contribution in [2.45, 2.75) is 59.4 Å². The SMILES string of the molecule is CCNC(=NCc1sc(C)nc1C)N1CCC2(CCCC2)C1. The van der Waals surface area contributed by atoms with Gasteiger partial charge in [-0.05, 0) is 45.4 Å². The lowest BCUT2D eigenvalue weighted by Crippen LogP contribution is -2.41. The predicted octanol–water partition coefficient (Wildman–Crippen LogP) is 3.49. The molecule has 5 heteroatoms. The third-order valence-corrected chi connectivity index (χ3v) is 6.17. The van der Waals surface area contributed by atoms with E-state index in [4.69, 9.17) is 4.99 Å². The number of aliphatic imine (C=N–C) groups is 1. The maximum absolute atomic E-state index is 4.90. The lowest BCUT2D eigenvalue weighted by atomic mass is 9.86. The molecule has 4 nitrogen and oxygen atoms in total. The molecule has 1 aliphatic heterocycles. The van der Waals surface area contributed by atoms with E-state index in [1.54, 1.807) is 11.3 Å². The summed E-state index contributed by atoms with van der Waals surface area (Å²) in [6.07, 6.45) is 7.00. The van der Waals surface area contributed by atoms with Gasteiger partial charge in [0.25, 0.3) is 0 Å². The van der Waals surface area contributed by atoms with E-state index >= 15 is 0 Å². The van der Waals surface area contributed by atoms with E-state index in [9.17, 15) is 0 Å². The molecule has 2 heterocycles. The molecule has 1 spiro atoms. The van der Waals surface area contributed by atoms with Gasteiger partial charge in [-0.25, -0.2) is 9.98 Å². The smallest absolute Gasteiger partial charge is 0.194 e. The fraction of sp³-hybridized carbons (Fsp3) is 0.765. The van der Waals surface area contributed by atoms with Gasteiger partial charge in [0, 0.05) is 24.5 Å². The molecule has 2 fully saturated rings. The second kappa shape index (κ2) is 6.57. The number of nitrogens with zero attached hydrogens (tertiary/aromatic N) is 3. The van der Waals surface area contributed by atoms with E-state index in [0.29, 0.717) is 5.41 Å². The first kappa shape index (κ1) is 15.8. The van der Waals surface area contributed by atoms with E-state index in [1.807, 2.05) is 0 Å². The Hall–Kier alpha value is -1.10. The maximum atomic E-state index is 4.90. The van der Waals surface area contributed by atoms with Crippen LogP contribution < -0.4 is 5.32 Å². The van der Waals surface area contributed by atoms with E-state index in [2.05, 4.69) is 36.0 Å². The number of thiazole rings is 1. The Morgan fingerprint density at radius 1 is 1.32 bits per heavy atom. The van der Waals surface area contributed by atoms with Crippen molar-refractivity contribution >= 4 is 17.3 Å². The predicted molar refractivity (Wildman–Crippen MR) is 93.5 cm³/mol. The summed E-state index contributed by atoms with van der Waals surface area (Å²) >= 11 is 1.77. The number of likely N-dealkylation sites (tertiary alicyclic amines) is 1. The monoisotopic (exact) mass is 320 g/mol. The summed E-state index contributed by atoms with van der Waals surface area (Å²) in [6, 6.07) is 0. The molecule has 2 aliphatic rings. The van der Waals surface area contributed by atoms with E-state index in [0.717, 1.165) is 36.3 Å². The van der Waals surface area contributed by atoms with Crippen molar-refractivity contribution in [2.75, 3.05) is 19.6 Å². The van der Waals surface area contributed by atoms with Crippen LogP contribution in [0.2, 0.25) is 0 Å². The molecule has 0 aromatic carbocycles. The fourth-order valence-electron chi connectivity index (χ4n) is 3.94. The van der Waals surface area contributed by atoms with Crippen LogP contribution in [0.3, 0.4) is 0 Å². The highest BCUT2D eigenvalue weighted by Crippen LogP contribution is 2.45. The number of nitrogens with one attached hydrogen (secondary N) is 1. The highest BCUT2D eigenvalue weighted by Gasteiger charge is 2.41. The number of aromatic nitrogens is 1. The number of aryl methyl sites for hydroxylation is 2. The summed E-state index contributed by atoms with van der Waals surface area (Å²) in [5.74, 6) is 1.09. The zero-order valence-corrected chi connectivity index (χ0v) is 14.9. The average Bonchev–Trinajstić information content (AvgIpc) is 3.19. The molecule has 0 atom stereocenters. The van der Waals surface area contributed by atoms with Crippen LogP contribution in [-0.4, -0.2) is 35.5 Å². The summed E-state index contributed by atoms with van der Waals surface area (Å²) in [4.78, 5) is 13.2. The van der Waals surface area contributed by atoms with E-state index < -0.39 is 0 Å². The first-order valence-corrected chi connectivity index (χ1v) is 9.40. The second-order valence-corrected chi connectivity index (χ2v) is 8.08. The molecule has 1 N–H and O–H groups in total. The van der Waals surface area contributed by atoms with Crippen LogP contribution in [0.1, 0.15) is 54.6 Å². The molecule has 0 radical (unpaired) electrons. The van der Waals surface area contributed by atoms with Gasteiger partial charge in [0.2, 0.25) is 0 Å². The fourth-order valence-corrected chi connectivity index (χ4v) is 4.80. The number of guanidine groups is 1. The summed E-state index contributed by atoms with van der Waals surface area (Å²) in [5.41, 5.74) is 1.73. The van der Waals surface area contributed by atoms with E-state index in [1.165, 1.54) is 43.5 Å². The maximum Gasteiger partial charge on any atom is 0.194 e. The Balaban J connectivity index is 1.69. The molecule has 1 aromatic rings. The largest absolute Gasteiger partial charge is 0.357 e. The highest BCUT2D eigenvalue weighted by molar-refractivity contribution is 7.11. The molecular weight excluding hydrogens is 292 g/mol. The first-order chi connectivity index (χ1) is 10.6. The third kappa shape index (κ3) is 3.29. The molecule has 1 aliphatic carbocycles. The zero-order chi connectivity index (χ0) is 15.6. The van der Waals surface area contributed by atoms with Gasteiger partial charge < -0.3 is 10.2 Å². The molecule has 122 valence electrons. The Morgan fingerprint density at radius 3 is 2.73 bits per heavy atom. The topological polar surface area (TPSA) is 40.5 Å². The number of hydrogen-bond acceptors (Lipinski definition) is 3. The standard InChI is InChI=1S/C17H28N4S/c1-4-18-16(19-11-15-13(2)20-14(3)22-15)21-10-9-17(12-21)7-5-6-8-17/h4-12H2,1-3H3,(H,18,19). The average molecular weight is 321 g/mol. The molecule has 0 amide bonds. The lowest BCUT2D eigenvalue weighted by molar-refractivity contribution is 0.309. The van der Waals surface area contributed by atoms with Crippen LogP contribution in [0.4, 0.5) is 0 Å². The molecule has 0 unspecified atom stereocenters. The number of hydrogen-bond donors (Lipinski definition) is 1. The summed E-state index contributed by atoms with van der Waals surface area (Å²) < 4.78 is 0. The highest BCUT2D eigenvalue weighted by atomic mass is 32.1. The van der Waals surface area contributed by atoms with Crippen LogP contribution in [0, 0.1) is 19.3 Å². The van der Waals surface area contributed by atoms with Crippen LogP contribution in [0.25, 0.3) is 0 Å². The molecule has 1 saturated heterocycles. The van der Waals surface area contributed by atoms with Crippen molar-refractivity contribution in [3.05, 3.63) is 15.6 Å². The van der Waals surface area contributed by atoms with Crippen molar-refractivity contribution in [3.8, 4) is 0 Å². The van der Waals surface area contributed by atoms with Gasteiger partial charge in [-0.2, -0.15) is 0 Å². The van der Waals surface area contributed by atoms with E-state index in [-0.39, 0.29) is 0 Å². The Kier molecular flexibility index (Phi) is 4.71. The van der Waals surface area contributed by atoms with Crippen molar-refractivity contribution in [1.29, 1.82) is 0 Å². The molecule has 0 bridgehead atoms. The molecule has 1 saturated carbocycles. The summed E-state index contributed by atoms with van der Waals surface area (Å²) in [6.45, 7) is 10.3. The lowest BCUT2D eigenvalue weighted by Gasteiger charge is -2.25. The summed E-state index contributed by atoms with van der Waals surface area (Å²) in [7, 11) is 0. The molecule has 22 heavy (non-hydrogen) atoms. The van der Waals surface area contributed by atoms with Crippen molar-refractivity contribution in [1.82, 2.24) is 15.2 Å². The van der Waals surface area contributed by atoms with Gasteiger partial charge >= 0.3 is 0 Å². The van der Waals surface area contributed by atoms with Gasteiger partial charge in [-0.15, -0.1) is 11.3 Å². The van der Waals surface area contributed by atoms with Crippen LogP contribution >= 0.6 is 11.3 Å². The van der Waals surface area contributed by atoms with Crippen molar-refractivity contribution in [3.63, 3.8) is 0 Å². The quantitative estimate of drug-likeness (QED) is 0.684. The zero-order valence-electron chi connectivity index (χ0n) is 14.1. The Morgan fingerprint density at radius 2 is 2.09 bits per heavy atom. The normalized spacial score (nSPS) is 21.0. The van der Waals surface area contributed by atoms with Gasteiger partial charge in [-0.3, -0.25) is 0 Å². The van der Waals surface area contributed by atoms with Crippen molar-refractivity contribution in [2.24, 2.45) is 10.4 Å². The van der Waals surface area contributed by atoms with Gasteiger partial charge in [0.15, 0.2) is 5.96 Å². The van der Waals surface area contributed by atoms with Gasteiger partial charge in [0.05, 0.1) is 17.2 Å². The van der Waals surface area contributed by atoms with Crippen LogP contribution in [-0.2, 0) is 6.54 Å². The molecule has 3 rings (SSSR count). The van der Waals surface area contributed by atoms with Gasteiger partial charge in [-0.1, -0.05) is 12.8 Å². The minimum Gasteiger partial charge on any atom is -0.357 e. The van der Waals surface area contributed by atoms with Crippen LogP contribution in [0.15, 0.2) is 4.99 Å². The summed E-state index contributed by atoms with van der Waals surface area (Å²) in [5, 5.41) is 4.63. The third-order valence-electron chi connectivity index (χ3n) is 5.11. The van der Waals surface area contributed by atoms with Crippen molar-refractivity contribution < 1.29 is 0 Å². The second-order valence-electron chi connectivity index (χ2n) is 6.79. The number of rotatable bonds is 3. The van der Waals surface area contributed by atoms with Gasteiger partial charge in [0.1, 0.15) is 0 Å². The minimum atomic E-state index is 0.590. The Labute approximate surface area is 138 Å². The Bertz CT molecular complexity index is 543.